The van der Waals surface area contributed by atoms with E-state index in [1.165, 1.54) is 6.07 Å². The molecule has 0 fully saturated rings. The van der Waals surface area contributed by atoms with Crippen molar-refractivity contribution in [1.29, 1.82) is 0 Å². The molecule has 5 heteroatoms. The van der Waals surface area contributed by atoms with Crippen molar-refractivity contribution in [1.82, 2.24) is 0 Å². The Morgan fingerprint density at radius 1 is 1.15 bits per heavy atom. The average Bonchev–Trinajstić information content (AvgIpc) is 2.88. The van der Waals surface area contributed by atoms with E-state index in [1.54, 1.807) is 0 Å². The van der Waals surface area contributed by atoms with E-state index in [0.29, 0.717) is 12.2 Å². The zero-order valence-corrected chi connectivity index (χ0v) is 12.6. The Morgan fingerprint density at radius 2 is 1.95 bits per heavy atom. The molecule has 0 radical (unpaired) electrons. The van der Waals surface area contributed by atoms with Crippen molar-refractivity contribution < 1.29 is 13.5 Å². The topological polar surface area (TPSA) is 9.23 Å². The first-order chi connectivity index (χ1) is 9.56. The van der Waals surface area contributed by atoms with Crippen molar-refractivity contribution in [2.45, 2.75) is 11.8 Å². The number of halogens is 4. The molecule has 1 unspecified atom stereocenters. The molecule has 0 N–H and O–H groups in total. The zero-order chi connectivity index (χ0) is 14.3. The van der Waals surface area contributed by atoms with Crippen molar-refractivity contribution in [3.63, 3.8) is 0 Å². The van der Waals surface area contributed by atoms with Crippen LogP contribution in [0.25, 0.3) is 0 Å². The second-order valence-corrected chi connectivity index (χ2v) is 5.97. The third kappa shape index (κ3) is 2.42. The number of benzene rings is 2. The standard InChI is InChI=1S/C15H10BrClF2O/c16-10-5-9-3-4-20-15(9)11(7-10)14(17)8-1-2-12(18)13(19)6-8/h1-2,5-7,14H,3-4H2. The van der Waals surface area contributed by atoms with Gasteiger partial charge in [0.15, 0.2) is 11.6 Å². The van der Waals surface area contributed by atoms with E-state index < -0.39 is 17.0 Å². The van der Waals surface area contributed by atoms with E-state index in [9.17, 15) is 8.78 Å². The van der Waals surface area contributed by atoms with Crippen LogP contribution in [0.3, 0.4) is 0 Å². The normalized spacial score (nSPS) is 14.8. The predicted molar refractivity (Wildman–Crippen MR) is 77.4 cm³/mol. The number of hydrogen-bond donors (Lipinski definition) is 0. The van der Waals surface area contributed by atoms with Gasteiger partial charge in [0.05, 0.1) is 12.0 Å². The summed E-state index contributed by atoms with van der Waals surface area (Å²) in [6.07, 6.45) is 0.823. The first kappa shape index (κ1) is 13.8. The molecule has 0 amide bonds. The summed E-state index contributed by atoms with van der Waals surface area (Å²) in [7, 11) is 0. The molecule has 1 aliphatic rings. The second-order valence-electron chi connectivity index (χ2n) is 4.62. The van der Waals surface area contributed by atoms with Crippen molar-refractivity contribution in [3.8, 4) is 5.75 Å². The van der Waals surface area contributed by atoms with Gasteiger partial charge in [0.2, 0.25) is 0 Å². The minimum atomic E-state index is -0.902. The number of alkyl halides is 1. The maximum absolute atomic E-state index is 13.3. The summed E-state index contributed by atoms with van der Waals surface area (Å²) in [6, 6.07) is 7.52. The first-order valence-electron chi connectivity index (χ1n) is 6.10. The van der Waals surface area contributed by atoms with Crippen molar-refractivity contribution in [3.05, 3.63) is 63.1 Å². The van der Waals surface area contributed by atoms with Gasteiger partial charge in [-0.25, -0.2) is 8.78 Å². The molecule has 104 valence electrons. The van der Waals surface area contributed by atoms with Gasteiger partial charge in [0.25, 0.3) is 0 Å². The minimum absolute atomic E-state index is 0.501. The quantitative estimate of drug-likeness (QED) is 0.686. The van der Waals surface area contributed by atoms with Crippen molar-refractivity contribution in [2.75, 3.05) is 6.61 Å². The van der Waals surface area contributed by atoms with E-state index in [-0.39, 0.29) is 0 Å². The molecular weight excluding hydrogens is 350 g/mol. The SMILES string of the molecule is Fc1ccc(C(Cl)c2cc(Br)cc3c2OCC3)cc1F. The van der Waals surface area contributed by atoms with Gasteiger partial charge in [-0.15, -0.1) is 11.6 Å². The highest BCUT2D eigenvalue weighted by Gasteiger charge is 2.23. The monoisotopic (exact) mass is 358 g/mol. The Morgan fingerprint density at radius 3 is 2.70 bits per heavy atom. The summed E-state index contributed by atoms with van der Waals surface area (Å²) < 4.78 is 32.8. The maximum atomic E-state index is 13.3. The molecule has 1 atom stereocenters. The van der Waals surface area contributed by atoms with Crippen LogP contribution in [0, 0.1) is 11.6 Å². The summed E-state index contributed by atoms with van der Waals surface area (Å²) in [5.41, 5.74) is 2.34. The van der Waals surface area contributed by atoms with Gasteiger partial charge in [0.1, 0.15) is 5.75 Å². The van der Waals surface area contributed by atoms with Gasteiger partial charge in [0, 0.05) is 16.5 Å². The molecule has 0 aromatic heterocycles. The largest absolute Gasteiger partial charge is 0.493 e. The van der Waals surface area contributed by atoms with Crippen LogP contribution in [0.5, 0.6) is 5.75 Å². The molecule has 3 rings (SSSR count). The minimum Gasteiger partial charge on any atom is -0.493 e. The average molecular weight is 360 g/mol. The lowest BCUT2D eigenvalue weighted by Crippen LogP contribution is -1.99. The molecule has 0 bridgehead atoms. The zero-order valence-electron chi connectivity index (χ0n) is 10.3. The van der Waals surface area contributed by atoms with Crippen LogP contribution < -0.4 is 4.74 Å². The number of ether oxygens (including phenoxy) is 1. The Kier molecular flexibility index (Phi) is 3.69. The van der Waals surface area contributed by atoms with E-state index in [1.807, 2.05) is 12.1 Å². The van der Waals surface area contributed by atoms with Gasteiger partial charge < -0.3 is 4.74 Å². The smallest absolute Gasteiger partial charge is 0.159 e. The van der Waals surface area contributed by atoms with Crippen LogP contribution in [0.2, 0.25) is 0 Å². The van der Waals surface area contributed by atoms with Gasteiger partial charge in [-0.3, -0.25) is 0 Å². The van der Waals surface area contributed by atoms with Crippen molar-refractivity contribution >= 4 is 27.5 Å². The van der Waals surface area contributed by atoms with Crippen LogP contribution >= 0.6 is 27.5 Å². The Hall–Kier alpha value is -1.13. The third-order valence-electron chi connectivity index (χ3n) is 3.29. The van der Waals surface area contributed by atoms with Crippen LogP contribution in [0.15, 0.2) is 34.8 Å². The van der Waals surface area contributed by atoms with Crippen LogP contribution in [-0.2, 0) is 6.42 Å². The van der Waals surface area contributed by atoms with E-state index >= 15 is 0 Å². The summed E-state index contributed by atoms with van der Waals surface area (Å²) >= 11 is 9.86. The predicted octanol–water partition coefficient (Wildman–Crippen LogP) is 4.99. The number of hydrogen-bond acceptors (Lipinski definition) is 1. The lowest BCUT2D eigenvalue weighted by molar-refractivity contribution is 0.353. The van der Waals surface area contributed by atoms with E-state index in [4.69, 9.17) is 16.3 Å². The van der Waals surface area contributed by atoms with E-state index in [0.717, 1.165) is 39.9 Å². The third-order valence-corrected chi connectivity index (χ3v) is 4.23. The molecule has 0 spiro atoms. The molecular formula is C15H10BrClF2O. The van der Waals surface area contributed by atoms with Gasteiger partial charge in [-0.1, -0.05) is 22.0 Å². The van der Waals surface area contributed by atoms with Crippen LogP contribution in [-0.4, -0.2) is 6.61 Å². The summed E-state index contributed by atoms with van der Waals surface area (Å²) in [4.78, 5) is 0. The van der Waals surface area contributed by atoms with Gasteiger partial charge in [-0.05, 0) is 35.4 Å². The van der Waals surface area contributed by atoms with Crippen LogP contribution in [0.4, 0.5) is 8.78 Å². The van der Waals surface area contributed by atoms with Gasteiger partial charge >= 0.3 is 0 Å². The molecule has 0 aliphatic carbocycles. The fraction of sp³-hybridized carbons (Fsp3) is 0.200. The molecule has 1 nitrogen and oxygen atoms in total. The highest BCUT2D eigenvalue weighted by Crippen LogP contribution is 2.41. The molecule has 0 saturated carbocycles. The fourth-order valence-electron chi connectivity index (χ4n) is 2.34. The number of fused-ring (bicyclic) bond motifs is 1. The van der Waals surface area contributed by atoms with Crippen molar-refractivity contribution in [2.24, 2.45) is 0 Å². The number of rotatable bonds is 2. The van der Waals surface area contributed by atoms with Gasteiger partial charge in [-0.2, -0.15) is 0 Å². The first-order valence-corrected chi connectivity index (χ1v) is 7.33. The Bertz CT molecular complexity index is 675. The molecule has 20 heavy (non-hydrogen) atoms. The summed E-state index contributed by atoms with van der Waals surface area (Å²) in [5, 5.41) is -0.588. The summed E-state index contributed by atoms with van der Waals surface area (Å²) in [6.45, 7) is 0.611. The highest BCUT2D eigenvalue weighted by atomic mass is 79.9. The maximum Gasteiger partial charge on any atom is 0.159 e. The van der Waals surface area contributed by atoms with E-state index in [2.05, 4.69) is 15.9 Å². The molecule has 1 aliphatic heterocycles. The fourth-order valence-corrected chi connectivity index (χ4v) is 3.16. The second kappa shape index (κ2) is 5.34. The highest BCUT2D eigenvalue weighted by molar-refractivity contribution is 9.10. The molecule has 1 heterocycles. The lowest BCUT2D eigenvalue weighted by atomic mass is 10.0. The Balaban J connectivity index is 2.06. The van der Waals surface area contributed by atoms with Crippen LogP contribution in [0.1, 0.15) is 22.1 Å². The Labute approximate surface area is 128 Å². The molecule has 2 aromatic rings. The lowest BCUT2D eigenvalue weighted by Gasteiger charge is -2.15. The molecule has 0 saturated heterocycles. The molecule has 2 aromatic carbocycles. The summed E-state index contributed by atoms with van der Waals surface area (Å²) in [5.74, 6) is -1.04.